The number of rotatable bonds is 9. The Kier molecular flexibility index (Phi) is 9.46. The van der Waals surface area contributed by atoms with E-state index in [1.54, 1.807) is 29.2 Å². The molecule has 2 aromatic rings. The van der Waals surface area contributed by atoms with Crippen LogP contribution in [0.1, 0.15) is 18.4 Å². The van der Waals surface area contributed by atoms with Gasteiger partial charge < -0.3 is 28.9 Å². The first-order valence-corrected chi connectivity index (χ1v) is 13.3. The molecule has 38 heavy (non-hydrogen) atoms. The minimum absolute atomic E-state index is 0.0160. The van der Waals surface area contributed by atoms with Gasteiger partial charge in [-0.15, -0.1) is 0 Å². The van der Waals surface area contributed by atoms with Crippen molar-refractivity contribution in [2.45, 2.75) is 25.4 Å². The fourth-order valence-electron chi connectivity index (χ4n) is 4.64. The summed E-state index contributed by atoms with van der Waals surface area (Å²) >= 11 is 6.16. The second kappa shape index (κ2) is 12.8. The van der Waals surface area contributed by atoms with E-state index in [0.717, 1.165) is 18.7 Å². The van der Waals surface area contributed by atoms with Crippen molar-refractivity contribution in [1.29, 1.82) is 0 Å². The number of ether oxygens (including phenoxy) is 3. The van der Waals surface area contributed by atoms with E-state index < -0.39 is 11.4 Å². The standard InChI is InChI=1S/C28H35ClFN3O5/c1-21-16-24(6-7-25(21)29)37-20-28(18-27(35)32-11-9-31(2)10-12-32)19-33(13-15-38-28)26(34)8-14-36-23-5-3-4-22(30)17-23/h3-7,16-17H,8-15,18-20H2,1-2H3. The van der Waals surface area contributed by atoms with Crippen LogP contribution >= 0.6 is 11.6 Å². The van der Waals surface area contributed by atoms with Crippen molar-refractivity contribution in [3.05, 3.63) is 58.9 Å². The van der Waals surface area contributed by atoms with Crippen LogP contribution in [0.15, 0.2) is 42.5 Å². The number of morpholine rings is 1. The normalized spacial score (nSPS) is 20.3. The smallest absolute Gasteiger partial charge is 0.226 e. The summed E-state index contributed by atoms with van der Waals surface area (Å²) in [4.78, 5) is 32.1. The van der Waals surface area contributed by atoms with Crippen LogP contribution < -0.4 is 9.47 Å². The van der Waals surface area contributed by atoms with Crippen molar-refractivity contribution in [3.8, 4) is 11.5 Å². The number of halogens is 2. The first-order valence-electron chi connectivity index (χ1n) is 12.9. The summed E-state index contributed by atoms with van der Waals surface area (Å²) in [5.41, 5.74) is -0.114. The van der Waals surface area contributed by atoms with Gasteiger partial charge in [0.2, 0.25) is 11.8 Å². The average molecular weight is 548 g/mol. The van der Waals surface area contributed by atoms with Crippen LogP contribution in [0.25, 0.3) is 0 Å². The molecule has 0 aromatic heterocycles. The number of nitrogens with zero attached hydrogens (tertiary/aromatic N) is 3. The van der Waals surface area contributed by atoms with Gasteiger partial charge in [-0.05, 0) is 49.9 Å². The van der Waals surface area contributed by atoms with Gasteiger partial charge in [-0.3, -0.25) is 9.59 Å². The quantitative estimate of drug-likeness (QED) is 0.479. The van der Waals surface area contributed by atoms with Crippen LogP contribution in [0.4, 0.5) is 4.39 Å². The molecule has 0 spiro atoms. The first kappa shape index (κ1) is 28.1. The van der Waals surface area contributed by atoms with Crippen LogP contribution in [-0.2, 0) is 14.3 Å². The Labute approximate surface area is 228 Å². The zero-order chi connectivity index (χ0) is 27.1. The van der Waals surface area contributed by atoms with Gasteiger partial charge in [0.25, 0.3) is 0 Å². The highest BCUT2D eigenvalue weighted by molar-refractivity contribution is 6.31. The molecule has 2 aromatic carbocycles. The van der Waals surface area contributed by atoms with E-state index in [1.165, 1.54) is 12.1 Å². The molecule has 0 saturated carbocycles. The Hall–Kier alpha value is -2.88. The van der Waals surface area contributed by atoms with Crippen molar-refractivity contribution < 1.29 is 28.2 Å². The number of piperazine rings is 1. The zero-order valence-electron chi connectivity index (χ0n) is 22.0. The van der Waals surface area contributed by atoms with Crippen LogP contribution in [-0.4, -0.2) is 98.3 Å². The fraction of sp³-hybridized carbons (Fsp3) is 0.500. The number of hydrogen-bond donors (Lipinski definition) is 0. The summed E-state index contributed by atoms with van der Waals surface area (Å²) in [6.07, 6.45) is 0.225. The number of benzene rings is 2. The number of likely N-dealkylation sites (N-methyl/N-ethyl adjacent to an activating group) is 1. The van der Waals surface area contributed by atoms with E-state index in [0.29, 0.717) is 36.2 Å². The predicted molar refractivity (Wildman–Crippen MR) is 142 cm³/mol. The Morgan fingerprint density at radius 2 is 1.76 bits per heavy atom. The second-order valence-corrected chi connectivity index (χ2v) is 10.4. The molecule has 2 saturated heterocycles. The molecule has 0 radical (unpaired) electrons. The third kappa shape index (κ3) is 7.58. The summed E-state index contributed by atoms with van der Waals surface area (Å²) in [5, 5.41) is 0.642. The van der Waals surface area contributed by atoms with Crippen molar-refractivity contribution >= 4 is 23.4 Å². The lowest BCUT2D eigenvalue weighted by atomic mass is 9.96. The molecule has 0 N–H and O–H groups in total. The summed E-state index contributed by atoms with van der Waals surface area (Å²) in [5.74, 6) is 0.460. The minimum Gasteiger partial charge on any atom is -0.493 e. The van der Waals surface area contributed by atoms with Crippen molar-refractivity contribution in [3.63, 3.8) is 0 Å². The maximum atomic E-state index is 13.4. The van der Waals surface area contributed by atoms with Gasteiger partial charge in [0, 0.05) is 43.8 Å². The molecule has 206 valence electrons. The van der Waals surface area contributed by atoms with Crippen LogP contribution in [0.2, 0.25) is 5.02 Å². The number of carbonyl (C=O) groups is 2. The topological polar surface area (TPSA) is 71.6 Å². The summed E-state index contributed by atoms with van der Waals surface area (Å²) in [6, 6.07) is 11.2. The van der Waals surface area contributed by atoms with E-state index in [1.807, 2.05) is 24.9 Å². The zero-order valence-corrected chi connectivity index (χ0v) is 22.7. The second-order valence-electron chi connectivity index (χ2n) is 9.96. The van der Waals surface area contributed by atoms with E-state index in [9.17, 15) is 14.0 Å². The van der Waals surface area contributed by atoms with Gasteiger partial charge in [-0.2, -0.15) is 0 Å². The Morgan fingerprint density at radius 3 is 2.50 bits per heavy atom. The molecule has 1 unspecified atom stereocenters. The Bertz CT molecular complexity index is 1130. The Morgan fingerprint density at radius 1 is 1.00 bits per heavy atom. The number of amides is 2. The first-order chi connectivity index (χ1) is 18.2. The summed E-state index contributed by atoms with van der Waals surface area (Å²) < 4.78 is 31.3. The maximum absolute atomic E-state index is 13.4. The predicted octanol–water partition coefficient (Wildman–Crippen LogP) is 3.40. The lowest BCUT2D eigenvalue weighted by Crippen LogP contribution is -2.59. The molecule has 8 nitrogen and oxygen atoms in total. The number of carbonyl (C=O) groups excluding carboxylic acids is 2. The molecular weight excluding hydrogens is 513 g/mol. The van der Waals surface area contributed by atoms with Crippen molar-refractivity contribution in [1.82, 2.24) is 14.7 Å². The SMILES string of the molecule is Cc1cc(OCC2(CC(=O)N3CCN(C)CC3)CN(C(=O)CCOc3cccc(F)c3)CCO2)ccc1Cl. The summed E-state index contributed by atoms with van der Waals surface area (Å²) in [7, 11) is 2.04. The van der Waals surface area contributed by atoms with E-state index in [-0.39, 0.29) is 51.0 Å². The number of aryl methyl sites for hydroxylation is 1. The molecule has 0 aliphatic carbocycles. The Balaban J connectivity index is 1.42. The van der Waals surface area contributed by atoms with Gasteiger partial charge in [-0.1, -0.05) is 17.7 Å². The van der Waals surface area contributed by atoms with Crippen LogP contribution in [0.5, 0.6) is 11.5 Å². The fourth-order valence-corrected chi connectivity index (χ4v) is 4.76. The highest BCUT2D eigenvalue weighted by atomic mass is 35.5. The maximum Gasteiger partial charge on any atom is 0.226 e. The molecule has 4 rings (SSSR count). The lowest BCUT2D eigenvalue weighted by molar-refractivity contribution is -0.166. The third-order valence-electron chi connectivity index (χ3n) is 6.94. The van der Waals surface area contributed by atoms with E-state index in [2.05, 4.69) is 4.90 Å². The van der Waals surface area contributed by atoms with Gasteiger partial charge in [-0.25, -0.2) is 4.39 Å². The molecule has 2 fully saturated rings. The van der Waals surface area contributed by atoms with Gasteiger partial charge in [0.15, 0.2) is 0 Å². The van der Waals surface area contributed by atoms with E-state index >= 15 is 0 Å². The van der Waals surface area contributed by atoms with Gasteiger partial charge in [0.05, 0.1) is 32.6 Å². The number of hydrogen-bond acceptors (Lipinski definition) is 6. The lowest BCUT2D eigenvalue weighted by Gasteiger charge is -2.43. The molecule has 2 amide bonds. The average Bonchev–Trinajstić information content (AvgIpc) is 2.90. The van der Waals surface area contributed by atoms with Gasteiger partial charge in [0.1, 0.15) is 29.5 Å². The van der Waals surface area contributed by atoms with Crippen LogP contribution in [0.3, 0.4) is 0 Å². The van der Waals surface area contributed by atoms with Crippen LogP contribution in [0, 0.1) is 12.7 Å². The molecule has 10 heteroatoms. The molecule has 0 bridgehead atoms. The van der Waals surface area contributed by atoms with Gasteiger partial charge >= 0.3 is 0 Å². The summed E-state index contributed by atoms with van der Waals surface area (Å²) in [6.45, 7) is 5.98. The van der Waals surface area contributed by atoms with E-state index in [4.69, 9.17) is 25.8 Å². The third-order valence-corrected chi connectivity index (χ3v) is 7.37. The minimum atomic E-state index is -0.995. The highest BCUT2D eigenvalue weighted by Crippen LogP contribution is 2.28. The molecule has 1 atom stereocenters. The molecule has 2 heterocycles. The van der Waals surface area contributed by atoms with Crippen molar-refractivity contribution in [2.75, 3.05) is 66.1 Å². The van der Waals surface area contributed by atoms with Crippen molar-refractivity contribution in [2.24, 2.45) is 0 Å². The molecule has 2 aliphatic heterocycles. The monoisotopic (exact) mass is 547 g/mol. The highest BCUT2D eigenvalue weighted by Gasteiger charge is 2.42. The molecule has 2 aliphatic rings. The molecular formula is C28H35ClFN3O5. The largest absolute Gasteiger partial charge is 0.493 e.